The summed E-state index contributed by atoms with van der Waals surface area (Å²) in [6.07, 6.45) is 0.756. The lowest BCUT2D eigenvalue weighted by Crippen LogP contribution is -2.32. The Morgan fingerprint density at radius 1 is 1.16 bits per heavy atom. The summed E-state index contributed by atoms with van der Waals surface area (Å²) in [5, 5.41) is 3.61. The number of benzene rings is 2. The minimum absolute atomic E-state index is 0.0529. The van der Waals surface area contributed by atoms with Crippen LogP contribution in [0.1, 0.15) is 24.9 Å². The highest BCUT2D eigenvalue weighted by atomic mass is 35.5. The smallest absolute Gasteiger partial charge is 0.258 e. The van der Waals surface area contributed by atoms with Gasteiger partial charge in [-0.25, -0.2) is 0 Å². The number of nitrogens with one attached hydrogen (secondary N) is 1. The first-order valence-electron chi connectivity index (χ1n) is 8.23. The van der Waals surface area contributed by atoms with Crippen molar-refractivity contribution in [3.8, 4) is 17.2 Å². The molecule has 25 heavy (non-hydrogen) atoms. The molecule has 6 heteroatoms. The van der Waals surface area contributed by atoms with Gasteiger partial charge in [0.1, 0.15) is 19.0 Å². The fourth-order valence-corrected chi connectivity index (χ4v) is 2.74. The number of ether oxygens (including phenoxy) is 3. The number of amides is 1. The molecule has 2 aromatic carbocycles. The first kappa shape index (κ1) is 17.4. The van der Waals surface area contributed by atoms with E-state index in [9.17, 15) is 4.79 Å². The van der Waals surface area contributed by atoms with Crippen LogP contribution in [0.4, 0.5) is 0 Å². The molecule has 2 aromatic rings. The van der Waals surface area contributed by atoms with E-state index in [-0.39, 0.29) is 18.6 Å². The van der Waals surface area contributed by atoms with Crippen LogP contribution in [0.25, 0.3) is 0 Å². The summed E-state index contributed by atoms with van der Waals surface area (Å²) in [5.41, 5.74) is 0.978. The average molecular weight is 362 g/mol. The highest BCUT2D eigenvalue weighted by Crippen LogP contribution is 2.33. The molecule has 0 saturated carbocycles. The minimum atomic E-state index is -0.184. The predicted octanol–water partition coefficient (Wildman–Crippen LogP) is 3.76. The lowest BCUT2D eigenvalue weighted by atomic mass is 10.0. The molecule has 0 aliphatic carbocycles. The van der Waals surface area contributed by atoms with Gasteiger partial charge in [-0.2, -0.15) is 0 Å². The quantitative estimate of drug-likeness (QED) is 0.851. The second-order valence-corrected chi connectivity index (χ2v) is 6.11. The Morgan fingerprint density at radius 3 is 2.60 bits per heavy atom. The van der Waals surface area contributed by atoms with Gasteiger partial charge in [0.2, 0.25) is 0 Å². The highest BCUT2D eigenvalue weighted by molar-refractivity contribution is 6.30. The normalized spacial score (nSPS) is 13.8. The lowest BCUT2D eigenvalue weighted by molar-refractivity contribution is -0.123. The van der Waals surface area contributed by atoms with Crippen molar-refractivity contribution in [2.75, 3.05) is 19.8 Å². The topological polar surface area (TPSA) is 56.8 Å². The Hall–Kier alpha value is -2.40. The van der Waals surface area contributed by atoms with Crippen LogP contribution in [-0.4, -0.2) is 25.7 Å². The third kappa shape index (κ3) is 4.57. The number of fused-ring (bicyclic) bond motifs is 1. The zero-order chi connectivity index (χ0) is 17.6. The molecule has 1 atom stereocenters. The molecule has 0 unspecified atom stereocenters. The SMILES string of the molecule is CC[C@H](NC(=O)COc1ccc(Cl)cc1)c1ccc2c(c1)OCCO2. The summed E-state index contributed by atoms with van der Waals surface area (Å²) in [5.74, 6) is 1.87. The average Bonchev–Trinajstić information content (AvgIpc) is 2.65. The minimum Gasteiger partial charge on any atom is -0.486 e. The van der Waals surface area contributed by atoms with Crippen LogP contribution >= 0.6 is 11.6 Å². The van der Waals surface area contributed by atoms with E-state index >= 15 is 0 Å². The fraction of sp³-hybridized carbons (Fsp3) is 0.316. The van der Waals surface area contributed by atoms with Crippen molar-refractivity contribution >= 4 is 17.5 Å². The number of carbonyl (C=O) groups excluding carboxylic acids is 1. The molecule has 1 N–H and O–H groups in total. The molecule has 0 spiro atoms. The molecule has 0 saturated heterocycles. The summed E-state index contributed by atoms with van der Waals surface area (Å²) in [7, 11) is 0. The van der Waals surface area contributed by atoms with Gasteiger partial charge in [0, 0.05) is 5.02 Å². The van der Waals surface area contributed by atoms with Crippen molar-refractivity contribution < 1.29 is 19.0 Å². The maximum atomic E-state index is 12.2. The van der Waals surface area contributed by atoms with Crippen LogP contribution < -0.4 is 19.5 Å². The van der Waals surface area contributed by atoms with E-state index in [1.807, 2.05) is 25.1 Å². The largest absolute Gasteiger partial charge is 0.486 e. The van der Waals surface area contributed by atoms with Crippen LogP contribution in [0, 0.1) is 0 Å². The molecule has 0 bridgehead atoms. The summed E-state index contributed by atoms with van der Waals surface area (Å²) < 4.78 is 16.6. The molecule has 0 radical (unpaired) electrons. The van der Waals surface area contributed by atoms with Crippen molar-refractivity contribution in [2.45, 2.75) is 19.4 Å². The van der Waals surface area contributed by atoms with Gasteiger partial charge in [-0.1, -0.05) is 24.6 Å². The van der Waals surface area contributed by atoms with Gasteiger partial charge in [-0.3, -0.25) is 4.79 Å². The summed E-state index contributed by atoms with van der Waals surface area (Å²) in [4.78, 5) is 12.2. The Balaban J connectivity index is 1.59. The molecular formula is C19H20ClNO4. The molecule has 0 fully saturated rings. The second kappa shape index (κ2) is 8.12. The number of rotatable bonds is 6. The van der Waals surface area contributed by atoms with Crippen LogP contribution in [0.3, 0.4) is 0 Å². The van der Waals surface area contributed by atoms with E-state index in [2.05, 4.69) is 5.32 Å². The molecule has 3 rings (SSSR count). The van der Waals surface area contributed by atoms with Crippen LogP contribution in [0.5, 0.6) is 17.2 Å². The molecule has 5 nitrogen and oxygen atoms in total. The standard InChI is InChI=1S/C19H20ClNO4/c1-2-16(13-3-8-17-18(11-13)24-10-9-23-17)21-19(22)12-25-15-6-4-14(20)5-7-15/h3-8,11,16H,2,9-10,12H2,1H3,(H,21,22)/t16-/m0/s1. The Morgan fingerprint density at radius 2 is 1.88 bits per heavy atom. The maximum absolute atomic E-state index is 12.2. The van der Waals surface area contributed by atoms with E-state index in [1.54, 1.807) is 24.3 Å². The fourth-order valence-electron chi connectivity index (χ4n) is 2.61. The monoisotopic (exact) mass is 361 g/mol. The Bertz CT molecular complexity index is 733. The van der Waals surface area contributed by atoms with Crippen molar-refractivity contribution in [2.24, 2.45) is 0 Å². The number of halogens is 1. The van der Waals surface area contributed by atoms with E-state index in [0.29, 0.717) is 29.7 Å². The van der Waals surface area contributed by atoms with E-state index < -0.39 is 0 Å². The molecule has 0 aromatic heterocycles. The van der Waals surface area contributed by atoms with Gasteiger partial charge >= 0.3 is 0 Å². The zero-order valence-corrected chi connectivity index (χ0v) is 14.7. The van der Waals surface area contributed by atoms with Crippen molar-refractivity contribution in [1.82, 2.24) is 5.32 Å². The number of carbonyl (C=O) groups is 1. The number of hydrogen-bond acceptors (Lipinski definition) is 4. The van der Waals surface area contributed by atoms with Crippen LogP contribution in [0.2, 0.25) is 5.02 Å². The summed E-state index contributed by atoms with van der Waals surface area (Å²) >= 11 is 5.83. The highest BCUT2D eigenvalue weighted by Gasteiger charge is 2.17. The summed E-state index contributed by atoms with van der Waals surface area (Å²) in [6.45, 7) is 3.06. The van der Waals surface area contributed by atoms with E-state index in [0.717, 1.165) is 17.7 Å². The van der Waals surface area contributed by atoms with Gasteiger partial charge < -0.3 is 19.5 Å². The molecule has 132 valence electrons. The first-order chi connectivity index (χ1) is 12.2. The van der Waals surface area contributed by atoms with Gasteiger partial charge in [0.25, 0.3) is 5.91 Å². The van der Waals surface area contributed by atoms with Crippen molar-refractivity contribution in [1.29, 1.82) is 0 Å². The third-order valence-electron chi connectivity index (χ3n) is 3.90. The van der Waals surface area contributed by atoms with Gasteiger partial charge in [0.15, 0.2) is 18.1 Å². The molecule has 1 aliphatic rings. The van der Waals surface area contributed by atoms with Crippen molar-refractivity contribution in [3.05, 3.63) is 53.1 Å². The zero-order valence-electron chi connectivity index (χ0n) is 14.0. The maximum Gasteiger partial charge on any atom is 0.258 e. The molecule has 1 aliphatic heterocycles. The Kier molecular flexibility index (Phi) is 5.66. The first-order valence-corrected chi connectivity index (χ1v) is 8.61. The van der Waals surface area contributed by atoms with Gasteiger partial charge in [-0.05, 0) is 48.4 Å². The summed E-state index contributed by atoms with van der Waals surface area (Å²) in [6, 6.07) is 12.5. The van der Waals surface area contributed by atoms with Crippen LogP contribution in [-0.2, 0) is 4.79 Å². The lowest BCUT2D eigenvalue weighted by Gasteiger charge is -2.22. The predicted molar refractivity (Wildman–Crippen MR) is 95.6 cm³/mol. The van der Waals surface area contributed by atoms with Crippen LogP contribution in [0.15, 0.2) is 42.5 Å². The van der Waals surface area contributed by atoms with Gasteiger partial charge in [0.05, 0.1) is 6.04 Å². The van der Waals surface area contributed by atoms with E-state index in [4.69, 9.17) is 25.8 Å². The molecule has 1 heterocycles. The third-order valence-corrected chi connectivity index (χ3v) is 4.15. The number of hydrogen-bond donors (Lipinski definition) is 1. The molecule has 1 amide bonds. The van der Waals surface area contributed by atoms with Gasteiger partial charge in [-0.15, -0.1) is 0 Å². The van der Waals surface area contributed by atoms with E-state index in [1.165, 1.54) is 0 Å². The second-order valence-electron chi connectivity index (χ2n) is 5.67. The Labute approximate surface area is 151 Å². The molecular weight excluding hydrogens is 342 g/mol. The van der Waals surface area contributed by atoms with Crippen molar-refractivity contribution in [3.63, 3.8) is 0 Å².